The summed E-state index contributed by atoms with van der Waals surface area (Å²) < 4.78 is 27.3. The van der Waals surface area contributed by atoms with Crippen molar-refractivity contribution in [3.8, 4) is 0 Å². The maximum Gasteiger partial charge on any atom is 0.241 e. The second kappa shape index (κ2) is 6.36. The third-order valence-corrected chi connectivity index (χ3v) is 5.33. The number of carbonyl (C=O) groups excluding carboxylic acids is 1. The van der Waals surface area contributed by atoms with Crippen molar-refractivity contribution >= 4 is 21.6 Å². The van der Waals surface area contributed by atoms with Gasteiger partial charge in [-0.25, -0.2) is 13.1 Å². The molecule has 1 aromatic carbocycles. The SMILES string of the molecule is Cc1ccc(NC(=O)[C@@H](N)C(C)C)cc1S(=O)(=O)NC1CC1. The lowest BCUT2D eigenvalue weighted by Gasteiger charge is -2.16. The Hall–Kier alpha value is -1.44. The first-order valence-corrected chi connectivity index (χ1v) is 8.88. The first-order chi connectivity index (χ1) is 10.2. The van der Waals surface area contributed by atoms with E-state index in [-0.39, 0.29) is 22.8 Å². The van der Waals surface area contributed by atoms with Gasteiger partial charge in [0.25, 0.3) is 0 Å². The van der Waals surface area contributed by atoms with Gasteiger partial charge in [0.05, 0.1) is 10.9 Å². The van der Waals surface area contributed by atoms with Crippen LogP contribution in [0.25, 0.3) is 0 Å². The number of carbonyl (C=O) groups is 1. The molecule has 1 amide bonds. The number of amides is 1. The predicted octanol–water partition coefficient (Wildman–Crippen LogP) is 1.36. The van der Waals surface area contributed by atoms with Crippen LogP contribution in [0.3, 0.4) is 0 Å². The van der Waals surface area contributed by atoms with E-state index >= 15 is 0 Å². The molecule has 1 aromatic rings. The highest BCUT2D eigenvalue weighted by molar-refractivity contribution is 7.89. The monoisotopic (exact) mass is 325 g/mol. The summed E-state index contributed by atoms with van der Waals surface area (Å²) in [7, 11) is -3.56. The predicted molar refractivity (Wildman–Crippen MR) is 86.0 cm³/mol. The number of rotatable bonds is 6. The molecule has 1 fully saturated rings. The first-order valence-electron chi connectivity index (χ1n) is 7.40. The van der Waals surface area contributed by atoms with E-state index in [9.17, 15) is 13.2 Å². The molecule has 2 rings (SSSR count). The van der Waals surface area contributed by atoms with Crippen molar-refractivity contribution in [1.29, 1.82) is 0 Å². The van der Waals surface area contributed by atoms with Gasteiger partial charge in [-0.2, -0.15) is 0 Å². The van der Waals surface area contributed by atoms with Crippen molar-refractivity contribution in [2.75, 3.05) is 5.32 Å². The molecule has 1 atom stereocenters. The van der Waals surface area contributed by atoms with Crippen molar-refractivity contribution in [3.05, 3.63) is 23.8 Å². The molecule has 122 valence electrons. The van der Waals surface area contributed by atoms with Crippen LogP contribution in [0.15, 0.2) is 23.1 Å². The molecular weight excluding hydrogens is 302 g/mol. The number of benzene rings is 1. The fourth-order valence-electron chi connectivity index (χ4n) is 1.98. The minimum absolute atomic E-state index is 0.00480. The molecule has 7 heteroatoms. The summed E-state index contributed by atoms with van der Waals surface area (Å²) in [5, 5.41) is 2.68. The van der Waals surface area contributed by atoms with Crippen molar-refractivity contribution in [3.63, 3.8) is 0 Å². The number of hydrogen-bond donors (Lipinski definition) is 3. The summed E-state index contributed by atoms with van der Waals surface area (Å²) in [5.41, 5.74) is 6.86. The van der Waals surface area contributed by atoms with Crippen LogP contribution in [0.2, 0.25) is 0 Å². The maximum absolute atomic E-state index is 12.3. The fraction of sp³-hybridized carbons (Fsp3) is 0.533. The standard InChI is InChI=1S/C15H23N3O3S/c1-9(2)14(16)15(19)17-12-5-4-10(3)13(8-12)22(20,21)18-11-6-7-11/h4-5,8-9,11,14,18H,6-7,16H2,1-3H3,(H,17,19)/t14-/m0/s1. The van der Waals surface area contributed by atoms with Gasteiger partial charge in [0.1, 0.15) is 0 Å². The largest absolute Gasteiger partial charge is 0.325 e. The molecule has 22 heavy (non-hydrogen) atoms. The Morgan fingerprint density at radius 1 is 1.32 bits per heavy atom. The van der Waals surface area contributed by atoms with Crippen molar-refractivity contribution < 1.29 is 13.2 Å². The molecule has 0 aromatic heterocycles. The zero-order chi connectivity index (χ0) is 16.5. The summed E-state index contributed by atoms with van der Waals surface area (Å²) in [6.07, 6.45) is 1.75. The second-order valence-electron chi connectivity index (χ2n) is 6.13. The molecule has 1 aliphatic carbocycles. The average Bonchev–Trinajstić information content (AvgIpc) is 3.22. The zero-order valence-corrected chi connectivity index (χ0v) is 13.9. The van der Waals surface area contributed by atoms with Crippen LogP contribution in [0.5, 0.6) is 0 Å². The Bertz CT molecular complexity index is 667. The lowest BCUT2D eigenvalue weighted by molar-refractivity contribution is -0.118. The van der Waals surface area contributed by atoms with E-state index in [0.717, 1.165) is 12.8 Å². The van der Waals surface area contributed by atoms with Gasteiger partial charge in [-0.1, -0.05) is 19.9 Å². The van der Waals surface area contributed by atoms with E-state index in [0.29, 0.717) is 11.3 Å². The molecular formula is C15H23N3O3S. The Labute approximate surface area is 131 Å². The Balaban J connectivity index is 2.21. The molecule has 0 unspecified atom stereocenters. The van der Waals surface area contributed by atoms with Crippen LogP contribution in [-0.2, 0) is 14.8 Å². The number of anilines is 1. The lowest BCUT2D eigenvalue weighted by atomic mass is 10.0. The van der Waals surface area contributed by atoms with Crippen molar-refractivity contribution in [2.24, 2.45) is 11.7 Å². The van der Waals surface area contributed by atoms with Gasteiger partial charge >= 0.3 is 0 Å². The van der Waals surface area contributed by atoms with Crippen LogP contribution in [0, 0.1) is 12.8 Å². The van der Waals surface area contributed by atoms with Gasteiger partial charge in [-0.05, 0) is 43.4 Å². The third kappa shape index (κ3) is 4.06. The maximum atomic E-state index is 12.3. The van der Waals surface area contributed by atoms with E-state index in [1.807, 2.05) is 13.8 Å². The molecule has 0 bridgehead atoms. The molecule has 4 N–H and O–H groups in total. The molecule has 0 radical (unpaired) electrons. The van der Waals surface area contributed by atoms with Crippen LogP contribution in [0.4, 0.5) is 5.69 Å². The van der Waals surface area contributed by atoms with E-state index in [1.54, 1.807) is 19.1 Å². The zero-order valence-electron chi connectivity index (χ0n) is 13.1. The number of hydrogen-bond acceptors (Lipinski definition) is 4. The Kier molecular flexibility index (Phi) is 4.89. The molecule has 6 nitrogen and oxygen atoms in total. The smallest absolute Gasteiger partial charge is 0.241 e. The van der Waals surface area contributed by atoms with Crippen LogP contribution >= 0.6 is 0 Å². The van der Waals surface area contributed by atoms with E-state index in [4.69, 9.17) is 5.73 Å². The first kappa shape index (κ1) is 16.9. The van der Waals surface area contributed by atoms with Crippen molar-refractivity contribution in [2.45, 2.75) is 50.6 Å². The van der Waals surface area contributed by atoms with Crippen LogP contribution in [0.1, 0.15) is 32.3 Å². The number of nitrogens with two attached hydrogens (primary N) is 1. The minimum atomic E-state index is -3.56. The summed E-state index contributed by atoms with van der Waals surface area (Å²) in [4.78, 5) is 12.2. The normalized spacial score (nSPS) is 16.6. The molecule has 0 spiro atoms. The molecule has 0 aliphatic heterocycles. The quantitative estimate of drug-likeness (QED) is 0.735. The highest BCUT2D eigenvalue weighted by Crippen LogP contribution is 2.25. The summed E-state index contributed by atoms with van der Waals surface area (Å²) in [6, 6.07) is 4.24. The van der Waals surface area contributed by atoms with E-state index in [2.05, 4.69) is 10.0 Å². The van der Waals surface area contributed by atoms with Gasteiger partial charge in [0, 0.05) is 11.7 Å². The Morgan fingerprint density at radius 2 is 1.95 bits per heavy atom. The summed E-state index contributed by atoms with van der Waals surface area (Å²) in [5.74, 6) is -0.317. The van der Waals surface area contributed by atoms with Gasteiger partial charge in [0.15, 0.2) is 0 Å². The number of aryl methyl sites for hydroxylation is 1. The Morgan fingerprint density at radius 3 is 2.50 bits per heavy atom. The third-order valence-electron chi connectivity index (χ3n) is 3.67. The average molecular weight is 325 g/mol. The van der Waals surface area contributed by atoms with E-state index < -0.39 is 16.1 Å². The highest BCUT2D eigenvalue weighted by Gasteiger charge is 2.29. The van der Waals surface area contributed by atoms with Gasteiger partial charge in [0.2, 0.25) is 15.9 Å². The van der Waals surface area contributed by atoms with Gasteiger partial charge in [-0.15, -0.1) is 0 Å². The van der Waals surface area contributed by atoms with Crippen LogP contribution in [-0.4, -0.2) is 26.4 Å². The summed E-state index contributed by atoms with van der Waals surface area (Å²) in [6.45, 7) is 5.44. The second-order valence-corrected chi connectivity index (χ2v) is 7.82. The van der Waals surface area contributed by atoms with Crippen molar-refractivity contribution in [1.82, 2.24) is 4.72 Å². The number of sulfonamides is 1. The molecule has 0 heterocycles. The minimum Gasteiger partial charge on any atom is -0.325 e. The molecule has 0 saturated heterocycles. The molecule has 1 saturated carbocycles. The lowest BCUT2D eigenvalue weighted by Crippen LogP contribution is -2.39. The van der Waals surface area contributed by atoms with E-state index in [1.165, 1.54) is 6.07 Å². The number of nitrogens with one attached hydrogen (secondary N) is 2. The van der Waals surface area contributed by atoms with Gasteiger partial charge in [-0.3, -0.25) is 4.79 Å². The topological polar surface area (TPSA) is 101 Å². The highest BCUT2D eigenvalue weighted by atomic mass is 32.2. The fourth-order valence-corrected chi connectivity index (χ4v) is 3.56. The van der Waals surface area contributed by atoms with Crippen LogP contribution < -0.4 is 15.8 Å². The molecule has 1 aliphatic rings. The summed E-state index contributed by atoms with van der Waals surface area (Å²) >= 11 is 0. The van der Waals surface area contributed by atoms with Gasteiger partial charge < -0.3 is 11.1 Å².